The van der Waals surface area contributed by atoms with E-state index in [2.05, 4.69) is 11.3 Å². The largest absolute Gasteiger partial charge is 0.469 e. The van der Waals surface area contributed by atoms with Crippen LogP contribution < -0.4 is 0 Å². The number of halogens is 1. The van der Waals surface area contributed by atoms with E-state index < -0.39 is 5.41 Å². The summed E-state index contributed by atoms with van der Waals surface area (Å²) in [5.41, 5.74) is -0.598. The van der Waals surface area contributed by atoms with Crippen molar-refractivity contribution in [3.05, 3.63) is 12.4 Å². The number of rotatable bonds is 3. The van der Waals surface area contributed by atoms with Gasteiger partial charge in [0.2, 0.25) is 0 Å². The molecule has 0 heterocycles. The van der Waals surface area contributed by atoms with E-state index >= 15 is 0 Å². The van der Waals surface area contributed by atoms with Crippen molar-refractivity contribution in [1.82, 2.24) is 0 Å². The van der Waals surface area contributed by atoms with E-state index in [0.717, 1.165) is 0 Å². The SMILES string of the molecule is C=C(F)C(C)(C)C1CC1C(=O)OC. The van der Waals surface area contributed by atoms with Gasteiger partial charge in [-0.25, -0.2) is 4.39 Å². The highest BCUT2D eigenvalue weighted by Crippen LogP contribution is 2.54. The van der Waals surface area contributed by atoms with Gasteiger partial charge in [0.15, 0.2) is 0 Å². The van der Waals surface area contributed by atoms with Crippen molar-refractivity contribution in [1.29, 1.82) is 0 Å². The summed E-state index contributed by atoms with van der Waals surface area (Å²) in [6, 6.07) is 0. The number of ether oxygens (including phenoxy) is 1. The minimum Gasteiger partial charge on any atom is -0.469 e. The first-order valence-electron chi connectivity index (χ1n) is 4.34. The number of methoxy groups -OCH3 is 1. The van der Waals surface area contributed by atoms with Gasteiger partial charge in [0, 0.05) is 5.41 Å². The van der Waals surface area contributed by atoms with E-state index in [1.165, 1.54) is 7.11 Å². The second-order valence-corrected chi connectivity index (χ2v) is 4.10. The Labute approximate surface area is 77.8 Å². The number of hydrogen-bond donors (Lipinski definition) is 0. The molecule has 1 rings (SSSR count). The molecule has 0 spiro atoms. The maximum atomic E-state index is 13.0. The van der Waals surface area contributed by atoms with E-state index in [4.69, 9.17) is 0 Å². The van der Waals surface area contributed by atoms with Crippen molar-refractivity contribution in [3.8, 4) is 0 Å². The minimum atomic E-state index is -0.598. The lowest BCUT2D eigenvalue weighted by molar-refractivity contribution is -0.142. The maximum absolute atomic E-state index is 13.0. The molecule has 1 fully saturated rings. The summed E-state index contributed by atoms with van der Waals surface area (Å²) >= 11 is 0. The van der Waals surface area contributed by atoms with Crippen LogP contribution in [0, 0.1) is 17.3 Å². The molecule has 3 heteroatoms. The van der Waals surface area contributed by atoms with Gasteiger partial charge in [0.25, 0.3) is 0 Å². The van der Waals surface area contributed by atoms with Crippen LogP contribution in [-0.4, -0.2) is 13.1 Å². The zero-order chi connectivity index (χ0) is 10.2. The lowest BCUT2D eigenvalue weighted by atomic mass is 9.85. The van der Waals surface area contributed by atoms with Gasteiger partial charge in [-0.2, -0.15) is 0 Å². The van der Waals surface area contributed by atoms with Crippen molar-refractivity contribution in [2.75, 3.05) is 7.11 Å². The Bertz CT molecular complexity index is 245. The molecule has 2 atom stereocenters. The molecular formula is C10H15FO2. The zero-order valence-electron chi connectivity index (χ0n) is 8.26. The van der Waals surface area contributed by atoms with Crippen molar-refractivity contribution in [2.24, 2.45) is 17.3 Å². The molecule has 0 aromatic heterocycles. The molecule has 1 aliphatic carbocycles. The average molecular weight is 186 g/mol. The Morgan fingerprint density at radius 2 is 2.15 bits per heavy atom. The molecule has 0 radical (unpaired) electrons. The molecule has 0 aromatic rings. The number of allylic oxidation sites excluding steroid dienone is 1. The molecule has 0 amide bonds. The smallest absolute Gasteiger partial charge is 0.308 e. The van der Waals surface area contributed by atoms with E-state index in [1.807, 2.05) is 0 Å². The highest BCUT2D eigenvalue weighted by Gasteiger charge is 2.53. The van der Waals surface area contributed by atoms with Crippen LogP contribution in [0.5, 0.6) is 0 Å². The third-order valence-electron chi connectivity index (χ3n) is 2.92. The zero-order valence-corrected chi connectivity index (χ0v) is 8.26. The van der Waals surface area contributed by atoms with E-state index in [9.17, 15) is 9.18 Å². The summed E-state index contributed by atoms with van der Waals surface area (Å²) in [5, 5.41) is 0. The number of carbonyl (C=O) groups is 1. The fraction of sp³-hybridized carbons (Fsp3) is 0.700. The fourth-order valence-corrected chi connectivity index (χ4v) is 1.61. The predicted molar refractivity (Wildman–Crippen MR) is 47.6 cm³/mol. The van der Waals surface area contributed by atoms with Crippen molar-refractivity contribution in [2.45, 2.75) is 20.3 Å². The molecule has 1 aliphatic rings. The Kier molecular flexibility index (Phi) is 2.46. The highest BCUT2D eigenvalue weighted by atomic mass is 19.1. The molecule has 0 saturated heterocycles. The van der Waals surface area contributed by atoms with Crippen molar-refractivity contribution >= 4 is 5.97 Å². The average Bonchev–Trinajstić information content (AvgIpc) is 2.81. The Hall–Kier alpha value is -0.860. The molecule has 0 N–H and O–H groups in total. The molecule has 74 valence electrons. The summed E-state index contributed by atoms with van der Waals surface area (Å²) in [4.78, 5) is 11.1. The van der Waals surface area contributed by atoms with Gasteiger partial charge in [-0.05, 0) is 12.3 Å². The maximum Gasteiger partial charge on any atom is 0.308 e. The van der Waals surface area contributed by atoms with Crippen LogP contribution in [0.3, 0.4) is 0 Å². The second kappa shape index (κ2) is 3.13. The van der Waals surface area contributed by atoms with Gasteiger partial charge in [-0.15, -0.1) is 0 Å². The van der Waals surface area contributed by atoms with Gasteiger partial charge in [0.05, 0.1) is 18.9 Å². The quantitative estimate of drug-likeness (QED) is 0.632. The van der Waals surface area contributed by atoms with E-state index in [0.29, 0.717) is 6.42 Å². The Balaban J connectivity index is 2.60. The first-order chi connectivity index (χ1) is 5.91. The first kappa shape index (κ1) is 10.2. The lowest BCUT2D eigenvalue weighted by Gasteiger charge is -2.21. The van der Waals surface area contributed by atoms with Crippen LogP contribution in [0.15, 0.2) is 12.4 Å². The first-order valence-corrected chi connectivity index (χ1v) is 4.34. The number of carbonyl (C=O) groups excluding carboxylic acids is 1. The molecule has 0 aromatic carbocycles. The van der Waals surface area contributed by atoms with Gasteiger partial charge in [-0.3, -0.25) is 4.79 Å². The third-order valence-corrected chi connectivity index (χ3v) is 2.92. The molecule has 13 heavy (non-hydrogen) atoms. The molecule has 2 nitrogen and oxygen atoms in total. The topological polar surface area (TPSA) is 26.3 Å². The van der Waals surface area contributed by atoms with Crippen LogP contribution in [-0.2, 0) is 9.53 Å². The minimum absolute atomic E-state index is 0.0532. The van der Waals surface area contributed by atoms with Gasteiger partial charge in [0.1, 0.15) is 0 Å². The van der Waals surface area contributed by atoms with Crippen LogP contribution in [0.1, 0.15) is 20.3 Å². The second-order valence-electron chi connectivity index (χ2n) is 4.10. The summed E-state index contributed by atoms with van der Waals surface area (Å²) in [6.07, 6.45) is 0.711. The number of hydrogen-bond acceptors (Lipinski definition) is 2. The molecule has 0 bridgehead atoms. The van der Waals surface area contributed by atoms with Crippen LogP contribution >= 0.6 is 0 Å². The van der Waals surface area contributed by atoms with Crippen molar-refractivity contribution in [3.63, 3.8) is 0 Å². The summed E-state index contributed by atoms with van der Waals surface area (Å²) < 4.78 is 17.6. The van der Waals surface area contributed by atoms with Gasteiger partial charge in [-0.1, -0.05) is 20.4 Å². The van der Waals surface area contributed by atoms with Crippen LogP contribution in [0.4, 0.5) is 4.39 Å². The summed E-state index contributed by atoms with van der Waals surface area (Å²) in [6.45, 7) is 6.82. The molecule has 1 saturated carbocycles. The molecule has 2 unspecified atom stereocenters. The Morgan fingerprint density at radius 1 is 1.62 bits per heavy atom. The molecule has 0 aliphatic heterocycles. The lowest BCUT2D eigenvalue weighted by Crippen LogP contribution is -2.18. The van der Waals surface area contributed by atoms with Crippen LogP contribution in [0.25, 0.3) is 0 Å². The van der Waals surface area contributed by atoms with Gasteiger partial charge >= 0.3 is 5.97 Å². The summed E-state index contributed by atoms with van der Waals surface area (Å²) in [5.74, 6) is -0.673. The van der Waals surface area contributed by atoms with Crippen molar-refractivity contribution < 1.29 is 13.9 Å². The van der Waals surface area contributed by atoms with Crippen LogP contribution in [0.2, 0.25) is 0 Å². The Morgan fingerprint density at radius 3 is 2.54 bits per heavy atom. The fourth-order valence-electron chi connectivity index (χ4n) is 1.61. The normalized spacial score (nSPS) is 26.8. The monoisotopic (exact) mass is 186 g/mol. The van der Waals surface area contributed by atoms with E-state index in [-0.39, 0.29) is 23.6 Å². The van der Waals surface area contributed by atoms with Gasteiger partial charge < -0.3 is 4.74 Å². The standard InChI is InChI=1S/C10H15FO2/c1-6(11)10(2,3)8-5-7(8)9(12)13-4/h7-8H,1,5H2,2-4H3. The number of esters is 1. The highest BCUT2D eigenvalue weighted by molar-refractivity contribution is 5.75. The molecular weight excluding hydrogens is 171 g/mol. The predicted octanol–water partition coefficient (Wildman–Crippen LogP) is 2.30. The van der Waals surface area contributed by atoms with E-state index in [1.54, 1.807) is 13.8 Å². The third kappa shape index (κ3) is 1.74. The summed E-state index contributed by atoms with van der Waals surface area (Å²) in [7, 11) is 1.36.